The fourth-order valence-corrected chi connectivity index (χ4v) is 3.74. The van der Waals surface area contributed by atoms with E-state index in [2.05, 4.69) is 25.8 Å². The molecule has 0 radical (unpaired) electrons. The van der Waals surface area contributed by atoms with Crippen LogP contribution in [0.3, 0.4) is 0 Å². The molecule has 7 heteroatoms. The van der Waals surface area contributed by atoms with Gasteiger partial charge in [0.05, 0.1) is 29.6 Å². The van der Waals surface area contributed by atoms with Crippen LogP contribution in [-0.2, 0) is 11.3 Å². The van der Waals surface area contributed by atoms with Gasteiger partial charge < -0.3 is 9.88 Å². The third-order valence-electron chi connectivity index (χ3n) is 5.26. The molecule has 0 atom stereocenters. The molecule has 2 heterocycles. The third-order valence-corrected chi connectivity index (χ3v) is 5.26. The van der Waals surface area contributed by atoms with Crippen molar-refractivity contribution in [2.75, 3.05) is 25.0 Å². The number of halogens is 2. The molecular formula is C21H22F2N4O. The van der Waals surface area contributed by atoms with Gasteiger partial charge in [-0.1, -0.05) is 12.1 Å². The molecule has 1 amide bonds. The van der Waals surface area contributed by atoms with Crippen LogP contribution in [0.2, 0.25) is 0 Å². The molecule has 0 saturated carbocycles. The van der Waals surface area contributed by atoms with Gasteiger partial charge in [-0.3, -0.25) is 9.69 Å². The maximum Gasteiger partial charge on any atom is 0.238 e. The van der Waals surface area contributed by atoms with Gasteiger partial charge in [0.15, 0.2) is 0 Å². The van der Waals surface area contributed by atoms with Crippen molar-refractivity contribution in [2.45, 2.75) is 19.4 Å². The van der Waals surface area contributed by atoms with Gasteiger partial charge in [-0.05, 0) is 56.1 Å². The molecule has 5 nitrogen and oxygen atoms in total. The van der Waals surface area contributed by atoms with Gasteiger partial charge in [-0.2, -0.15) is 0 Å². The molecule has 4 rings (SSSR count). The van der Waals surface area contributed by atoms with E-state index in [1.807, 2.05) is 24.5 Å². The predicted molar refractivity (Wildman–Crippen MR) is 104 cm³/mol. The van der Waals surface area contributed by atoms with E-state index < -0.39 is 11.6 Å². The fraction of sp³-hybridized carbons (Fsp3) is 0.333. The lowest BCUT2D eigenvalue weighted by molar-refractivity contribution is -0.117. The second-order valence-electron chi connectivity index (χ2n) is 7.28. The molecule has 1 N–H and O–H groups in total. The van der Waals surface area contributed by atoms with Crippen molar-refractivity contribution in [1.82, 2.24) is 14.5 Å². The molecule has 0 unspecified atom stereocenters. The molecule has 1 saturated heterocycles. The molecular weight excluding hydrogens is 362 g/mol. The van der Waals surface area contributed by atoms with Gasteiger partial charge in [0, 0.05) is 12.6 Å². The number of nitrogens with zero attached hydrogens (tertiary/aromatic N) is 3. The molecule has 2 aromatic carbocycles. The van der Waals surface area contributed by atoms with E-state index in [4.69, 9.17) is 0 Å². The van der Waals surface area contributed by atoms with Crippen molar-refractivity contribution in [3.8, 4) is 0 Å². The number of piperidine rings is 1. The van der Waals surface area contributed by atoms with E-state index in [-0.39, 0.29) is 18.1 Å². The first-order valence-corrected chi connectivity index (χ1v) is 9.45. The van der Waals surface area contributed by atoms with E-state index in [1.54, 1.807) is 0 Å². The predicted octanol–water partition coefficient (Wildman–Crippen LogP) is 3.67. The van der Waals surface area contributed by atoms with E-state index in [0.29, 0.717) is 5.92 Å². The number of carbonyl (C=O) groups is 1. The zero-order chi connectivity index (χ0) is 19.5. The Kier molecular flexibility index (Phi) is 5.34. The summed E-state index contributed by atoms with van der Waals surface area (Å²) in [7, 11) is 0. The molecule has 1 aliphatic heterocycles. The Morgan fingerprint density at radius 2 is 1.93 bits per heavy atom. The number of nitrogens with one attached hydrogen (secondary N) is 1. The average molecular weight is 384 g/mol. The van der Waals surface area contributed by atoms with Crippen LogP contribution in [0.25, 0.3) is 11.0 Å². The number of likely N-dealkylation sites (tertiary alicyclic amines) is 1. The van der Waals surface area contributed by atoms with Crippen molar-refractivity contribution in [3.05, 3.63) is 60.4 Å². The van der Waals surface area contributed by atoms with Crippen LogP contribution in [0.1, 0.15) is 12.8 Å². The van der Waals surface area contributed by atoms with Crippen LogP contribution in [0.4, 0.5) is 14.5 Å². The average Bonchev–Trinajstić information content (AvgIpc) is 3.09. The smallest absolute Gasteiger partial charge is 0.238 e. The number of imidazole rings is 1. The second kappa shape index (κ2) is 8.06. The van der Waals surface area contributed by atoms with E-state index in [1.165, 1.54) is 6.07 Å². The van der Waals surface area contributed by atoms with Crippen LogP contribution in [0.5, 0.6) is 0 Å². The Hall–Kier alpha value is -2.80. The lowest BCUT2D eigenvalue weighted by Gasteiger charge is -2.31. The zero-order valence-electron chi connectivity index (χ0n) is 15.4. The highest BCUT2D eigenvalue weighted by molar-refractivity contribution is 5.92. The van der Waals surface area contributed by atoms with E-state index in [0.717, 1.165) is 55.6 Å². The Morgan fingerprint density at radius 3 is 2.71 bits per heavy atom. The lowest BCUT2D eigenvalue weighted by atomic mass is 9.96. The molecule has 1 aromatic heterocycles. The van der Waals surface area contributed by atoms with Gasteiger partial charge >= 0.3 is 0 Å². The Bertz CT molecular complexity index is 979. The summed E-state index contributed by atoms with van der Waals surface area (Å²) >= 11 is 0. The number of fused-ring (bicyclic) bond motifs is 1. The summed E-state index contributed by atoms with van der Waals surface area (Å²) < 4.78 is 28.8. The molecule has 28 heavy (non-hydrogen) atoms. The standard InChI is InChI=1S/C21H22F2N4O/c22-16-5-6-18(17(23)11-16)25-21(28)13-26-9-7-15(8-10-26)12-27-14-24-19-3-1-2-4-20(19)27/h1-6,11,14-15H,7-10,12-13H2,(H,25,28). The summed E-state index contributed by atoms with van der Waals surface area (Å²) in [5.41, 5.74) is 2.16. The fourth-order valence-electron chi connectivity index (χ4n) is 3.74. The monoisotopic (exact) mass is 384 g/mol. The molecule has 0 aliphatic carbocycles. The highest BCUT2D eigenvalue weighted by Gasteiger charge is 2.22. The Morgan fingerprint density at radius 1 is 1.14 bits per heavy atom. The van der Waals surface area contributed by atoms with Crippen LogP contribution >= 0.6 is 0 Å². The number of carbonyl (C=O) groups excluding carboxylic acids is 1. The van der Waals surface area contributed by atoms with Gasteiger partial charge in [-0.25, -0.2) is 13.8 Å². The summed E-state index contributed by atoms with van der Waals surface area (Å²) in [6.45, 7) is 2.76. The molecule has 3 aromatic rings. The second-order valence-corrected chi connectivity index (χ2v) is 7.28. The van der Waals surface area contributed by atoms with Crippen molar-refractivity contribution < 1.29 is 13.6 Å². The zero-order valence-corrected chi connectivity index (χ0v) is 15.4. The maximum atomic E-state index is 13.7. The summed E-state index contributed by atoms with van der Waals surface area (Å²) in [4.78, 5) is 18.7. The number of benzene rings is 2. The van der Waals surface area contributed by atoms with Crippen LogP contribution in [-0.4, -0.2) is 40.0 Å². The highest BCUT2D eigenvalue weighted by Crippen LogP contribution is 2.22. The quantitative estimate of drug-likeness (QED) is 0.730. The van der Waals surface area contributed by atoms with Crippen LogP contribution in [0.15, 0.2) is 48.8 Å². The lowest BCUT2D eigenvalue weighted by Crippen LogP contribution is -2.40. The summed E-state index contributed by atoms with van der Waals surface area (Å²) in [5.74, 6) is -1.18. The van der Waals surface area contributed by atoms with Gasteiger partial charge in [0.1, 0.15) is 11.6 Å². The Balaban J connectivity index is 1.27. The van der Waals surface area contributed by atoms with Crippen molar-refractivity contribution in [3.63, 3.8) is 0 Å². The minimum atomic E-state index is -0.764. The minimum absolute atomic E-state index is 0.00766. The van der Waals surface area contributed by atoms with E-state index >= 15 is 0 Å². The van der Waals surface area contributed by atoms with Crippen molar-refractivity contribution >= 4 is 22.6 Å². The highest BCUT2D eigenvalue weighted by atomic mass is 19.1. The third kappa shape index (κ3) is 4.20. The van der Waals surface area contributed by atoms with Crippen molar-refractivity contribution in [2.24, 2.45) is 5.92 Å². The van der Waals surface area contributed by atoms with E-state index in [9.17, 15) is 13.6 Å². The first-order valence-electron chi connectivity index (χ1n) is 9.45. The first-order chi connectivity index (χ1) is 13.6. The first kappa shape index (κ1) is 18.6. The number of para-hydroxylation sites is 2. The van der Waals surface area contributed by atoms with Gasteiger partial charge in [0.2, 0.25) is 5.91 Å². The number of amides is 1. The number of hydrogen-bond acceptors (Lipinski definition) is 3. The minimum Gasteiger partial charge on any atom is -0.330 e. The number of aromatic nitrogens is 2. The molecule has 0 bridgehead atoms. The summed E-state index contributed by atoms with van der Waals surface area (Å²) in [6, 6.07) is 11.2. The number of hydrogen-bond donors (Lipinski definition) is 1. The van der Waals surface area contributed by atoms with Crippen LogP contribution < -0.4 is 5.32 Å². The molecule has 1 aliphatic rings. The molecule has 146 valence electrons. The largest absolute Gasteiger partial charge is 0.330 e. The SMILES string of the molecule is O=C(CN1CCC(Cn2cnc3ccccc32)CC1)Nc1ccc(F)cc1F. The maximum absolute atomic E-state index is 13.7. The summed E-state index contributed by atoms with van der Waals surface area (Å²) in [5, 5.41) is 2.52. The number of rotatable bonds is 5. The van der Waals surface area contributed by atoms with Crippen molar-refractivity contribution in [1.29, 1.82) is 0 Å². The topological polar surface area (TPSA) is 50.2 Å². The normalized spacial score (nSPS) is 15.8. The Labute approximate surface area is 162 Å². The molecule has 1 fully saturated rings. The van der Waals surface area contributed by atoms with Crippen LogP contribution in [0, 0.1) is 17.6 Å². The number of anilines is 1. The van der Waals surface area contributed by atoms with Gasteiger partial charge in [0.25, 0.3) is 0 Å². The van der Waals surface area contributed by atoms with Gasteiger partial charge in [-0.15, -0.1) is 0 Å². The summed E-state index contributed by atoms with van der Waals surface area (Å²) in [6.07, 6.45) is 3.87. The molecule has 0 spiro atoms.